The van der Waals surface area contributed by atoms with Gasteiger partial charge in [-0.15, -0.1) is 0 Å². The van der Waals surface area contributed by atoms with Crippen LogP contribution in [0, 0.1) is 5.92 Å². The van der Waals surface area contributed by atoms with Crippen molar-refractivity contribution in [1.82, 2.24) is 10.2 Å². The minimum absolute atomic E-state index is 0.0722. The van der Waals surface area contributed by atoms with Gasteiger partial charge in [-0.05, 0) is 24.6 Å². The van der Waals surface area contributed by atoms with Crippen LogP contribution in [-0.4, -0.2) is 57.4 Å². The zero-order valence-corrected chi connectivity index (χ0v) is 15.4. The number of likely N-dealkylation sites (N-methyl/N-ethyl adjacent to an activating group) is 1. The topological polar surface area (TPSA) is 125 Å². The SMILES string of the molecule is CN(CC(=O)Nc1cccc(NS(C)(=O)=O)c1)C(=O)C1CCC(=O)NC1. The second-order valence-corrected chi connectivity index (χ2v) is 7.99. The molecule has 2 rings (SSSR count). The number of sulfonamides is 1. The first kappa shape index (κ1) is 19.7. The summed E-state index contributed by atoms with van der Waals surface area (Å²) >= 11 is 0. The molecule has 1 aliphatic rings. The Morgan fingerprint density at radius 1 is 1.31 bits per heavy atom. The molecule has 0 spiro atoms. The van der Waals surface area contributed by atoms with Crippen LogP contribution in [0.2, 0.25) is 0 Å². The van der Waals surface area contributed by atoms with Crippen LogP contribution in [0.1, 0.15) is 12.8 Å². The second-order valence-electron chi connectivity index (χ2n) is 6.24. The molecule has 0 radical (unpaired) electrons. The number of nitrogens with zero attached hydrogens (tertiary/aromatic N) is 1. The van der Waals surface area contributed by atoms with E-state index in [9.17, 15) is 22.8 Å². The number of piperidine rings is 1. The first-order valence-corrected chi connectivity index (χ1v) is 9.92. The average Bonchev–Trinajstić information content (AvgIpc) is 2.53. The quantitative estimate of drug-likeness (QED) is 0.638. The van der Waals surface area contributed by atoms with Crippen molar-refractivity contribution in [2.45, 2.75) is 12.8 Å². The van der Waals surface area contributed by atoms with Gasteiger partial charge in [-0.1, -0.05) is 6.07 Å². The van der Waals surface area contributed by atoms with Crippen LogP contribution in [0.15, 0.2) is 24.3 Å². The largest absolute Gasteiger partial charge is 0.355 e. The molecule has 1 aromatic rings. The number of hydrogen-bond acceptors (Lipinski definition) is 5. The molecule has 0 bridgehead atoms. The third-order valence-corrected chi connectivity index (χ3v) is 4.43. The molecule has 1 saturated heterocycles. The standard InChI is InChI=1S/C16H22N4O5S/c1-20(16(23)11-6-7-14(21)17-9-11)10-15(22)18-12-4-3-5-13(8-12)19-26(2,24)25/h3-5,8,11,19H,6-7,9-10H2,1-2H3,(H,17,21)(H,18,22). The van der Waals surface area contributed by atoms with E-state index in [-0.39, 0.29) is 30.8 Å². The second kappa shape index (κ2) is 8.17. The van der Waals surface area contributed by atoms with Gasteiger partial charge >= 0.3 is 0 Å². The summed E-state index contributed by atoms with van der Waals surface area (Å²) in [5, 5.41) is 5.27. The lowest BCUT2D eigenvalue weighted by Gasteiger charge is -2.26. The van der Waals surface area contributed by atoms with Gasteiger partial charge in [0, 0.05) is 25.7 Å². The fourth-order valence-electron chi connectivity index (χ4n) is 2.62. The number of amides is 3. The Kier molecular flexibility index (Phi) is 6.19. The van der Waals surface area contributed by atoms with Gasteiger partial charge < -0.3 is 15.5 Å². The summed E-state index contributed by atoms with van der Waals surface area (Å²) in [4.78, 5) is 36.9. The van der Waals surface area contributed by atoms with E-state index < -0.39 is 15.9 Å². The highest BCUT2D eigenvalue weighted by Gasteiger charge is 2.27. The molecule has 1 aromatic carbocycles. The maximum absolute atomic E-state index is 12.3. The lowest BCUT2D eigenvalue weighted by atomic mass is 9.98. The van der Waals surface area contributed by atoms with Crippen molar-refractivity contribution in [3.8, 4) is 0 Å². The summed E-state index contributed by atoms with van der Waals surface area (Å²) in [7, 11) is -1.89. The molecule has 3 N–H and O–H groups in total. The lowest BCUT2D eigenvalue weighted by Crippen LogP contribution is -2.45. The molecule has 9 nitrogen and oxygen atoms in total. The normalized spacial score (nSPS) is 17.2. The van der Waals surface area contributed by atoms with Gasteiger partial charge in [0.1, 0.15) is 0 Å². The van der Waals surface area contributed by atoms with E-state index in [1.54, 1.807) is 18.2 Å². The van der Waals surface area contributed by atoms with E-state index in [0.717, 1.165) is 6.26 Å². The van der Waals surface area contributed by atoms with Gasteiger partial charge in [0.2, 0.25) is 27.7 Å². The smallest absolute Gasteiger partial charge is 0.243 e. The molecule has 1 atom stereocenters. The van der Waals surface area contributed by atoms with Gasteiger partial charge in [0.25, 0.3) is 0 Å². The van der Waals surface area contributed by atoms with Gasteiger partial charge in [0.15, 0.2) is 0 Å². The van der Waals surface area contributed by atoms with E-state index in [1.165, 1.54) is 18.0 Å². The minimum Gasteiger partial charge on any atom is -0.355 e. The molecular weight excluding hydrogens is 360 g/mol. The van der Waals surface area contributed by atoms with Crippen LogP contribution in [-0.2, 0) is 24.4 Å². The molecule has 1 unspecified atom stereocenters. The van der Waals surface area contributed by atoms with Crippen molar-refractivity contribution < 1.29 is 22.8 Å². The molecule has 1 heterocycles. The highest BCUT2D eigenvalue weighted by Crippen LogP contribution is 2.17. The van der Waals surface area contributed by atoms with E-state index in [1.807, 2.05) is 0 Å². The Bertz CT molecular complexity index is 799. The van der Waals surface area contributed by atoms with Crippen molar-refractivity contribution >= 4 is 39.1 Å². The molecule has 142 valence electrons. The average molecular weight is 382 g/mol. The van der Waals surface area contributed by atoms with Crippen molar-refractivity contribution in [2.75, 3.05) is 36.4 Å². The van der Waals surface area contributed by atoms with Gasteiger partial charge in [0.05, 0.1) is 24.4 Å². The number of carbonyl (C=O) groups excluding carboxylic acids is 3. The summed E-state index contributed by atoms with van der Waals surface area (Å²) in [6, 6.07) is 6.26. The summed E-state index contributed by atoms with van der Waals surface area (Å²) < 4.78 is 24.8. The monoisotopic (exact) mass is 382 g/mol. The predicted molar refractivity (Wildman–Crippen MR) is 96.9 cm³/mol. The molecule has 0 aromatic heterocycles. The molecular formula is C16H22N4O5S. The number of nitrogens with one attached hydrogen (secondary N) is 3. The molecule has 0 saturated carbocycles. The van der Waals surface area contributed by atoms with Gasteiger partial charge in [-0.2, -0.15) is 0 Å². The van der Waals surface area contributed by atoms with Crippen LogP contribution in [0.5, 0.6) is 0 Å². The lowest BCUT2D eigenvalue weighted by molar-refractivity contribution is -0.138. The van der Waals surface area contributed by atoms with Gasteiger partial charge in [-0.3, -0.25) is 19.1 Å². The Morgan fingerprint density at radius 3 is 2.62 bits per heavy atom. The van der Waals surface area contributed by atoms with Crippen LogP contribution < -0.4 is 15.4 Å². The Morgan fingerprint density at radius 2 is 2.00 bits per heavy atom. The van der Waals surface area contributed by atoms with E-state index >= 15 is 0 Å². The van der Waals surface area contributed by atoms with Crippen molar-refractivity contribution in [2.24, 2.45) is 5.92 Å². The molecule has 1 fully saturated rings. The highest BCUT2D eigenvalue weighted by molar-refractivity contribution is 7.92. The minimum atomic E-state index is -3.41. The van der Waals surface area contributed by atoms with Crippen molar-refractivity contribution in [1.29, 1.82) is 0 Å². The summed E-state index contributed by atoms with van der Waals surface area (Å²) in [6.45, 7) is 0.135. The maximum Gasteiger partial charge on any atom is 0.243 e. The molecule has 3 amide bonds. The zero-order valence-electron chi connectivity index (χ0n) is 14.6. The van der Waals surface area contributed by atoms with E-state index in [4.69, 9.17) is 0 Å². The van der Waals surface area contributed by atoms with E-state index in [0.29, 0.717) is 24.2 Å². The Hall–Kier alpha value is -2.62. The third kappa shape index (κ3) is 6.03. The van der Waals surface area contributed by atoms with Gasteiger partial charge in [-0.25, -0.2) is 8.42 Å². The van der Waals surface area contributed by atoms with Crippen LogP contribution in [0.25, 0.3) is 0 Å². The number of rotatable bonds is 6. The number of carbonyl (C=O) groups is 3. The summed E-state index contributed by atoms with van der Waals surface area (Å²) in [5.41, 5.74) is 0.738. The summed E-state index contributed by atoms with van der Waals surface area (Å²) in [6.07, 6.45) is 1.80. The first-order chi connectivity index (χ1) is 12.1. The molecule has 26 heavy (non-hydrogen) atoms. The fraction of sp³-hybridized carbons (Fsp3) is 0.438. The zero-order chi connectivity index (χ0) is 19.3. The third-order valence-electron chi connectivity index (χ3n) is 3.82. The Labute approximate surface area is 152 Å². The maximum atomic E-state index is 12.3. The predicted octanol–water partition coefficient (Wildman–Crippen LogP) is -0.0188. The highest BCUT2D eigenvalue weighted by atomic mass is 32.2. The van der Waals surface area contributed by atoms with Crippen LogP contribution >= 0.6 is 0 Å². The summed E-state index contributed by atoms with van der Waals surface area (Å²) in [5.74, 6) is -1.00. The van der Waals surface area contributed by atoms with Crippen LogP contribution in [0.4, 0.5) is 11.4 Å². The number of anilines is 2. The first-order valence-electron chi connectivity index (χ1n) is 8.03. The number of benzene rings is 1. The molecule has 1 aliphatic heterocycles. The van der Waals surface area contributed by atoms with E-state index in [2.05, 4.69) is 15.4 Å². The van der Waals surface area contributed by atoms with Crippen molar-refractivity contribution in [3.63, 3.8) is 0 Å². The fourth-order valence-corrected chi connectivity index (χ4v) is 3.18. The molecule has 0 aliphatic carbocycles. The van der Waals surface area contributed by atoms with Crippen LogP contribution in [0.3, 0.4) is 0 Å². The Balaban J connectivity index is 1.90. The molecule has 10 heteroatoms. The number of hydrogen-bond donors (Lipinski definition) is 3. The van der Waals surface area contributed by atoms with Crippen molar-refractivity contribution in [3.05, 3.63) is 24.3 Å².